The molecule has 3 atom stereocenters. The van der Waals surface area contributed by atoms with Crippen molar-refractivity contribution in [3.8, 4) is 0 Å². The number of piperidine rings is 1. The maximum Gasteiger partial charge on any atom is 0.490 e. The summed E-state index contributed by atoms with van der Waals surface area (Å²) in [5.41, 5.74) is 0.712. The zero-order chi connectivity index (χ0) is 23.3. The number of halogens is 4. The Morgan fingerprint density at radius 2 is 1.84 bits per heavy atom. The predicted octanol–water partition coefficient (Wildman–Crippen LogP) is 2.85. The van der Waals surface area contributed by atoms with E-state index in [0.717, 1.165) is 32.4 Å². The summed E-state index contributed by atoms with van der Waals surface area (Å²) in [5.74, 6) is -2.72. The van der Waals surface area contributed by atoms with Gasteiger partial charge in [0.1, 0.15) is 5.82 Å². The third-order valence-corrected chi connectivity index (χ3v) is 5.86. The molecule has 3 aliphatic heterocycles. The van der Waals surface area contributed by atoms with Gasteiger partial charge in [-0.2, -0.15) is 13.2 Å². The molecule has 7 nitrogen and oxygen atoms in total. The summed E-state index contributed by atoms with van der Waals surface area (Å²) in [5, 5.41) is 8.67. The second-order valence-corrected chi connectivity index (χ2v) is 8.01. The zero-order valence-electron chi connectivity index (χ0n) is 17.4. The van der Waals surface area contributed by atoms with Gasteiger partial charge < -0.3 is 9.84 Å². The third-order valence-electron chi connectivity index (χ3n) is 5.86. The number of nitrogens with zero attached hydrogens (tertiary/aromatic N) is 2. The predicted molar refractivity (Wildman–Crippen MR) is 104 cm³/mol. The summed E-state index contributed by atoms with van der Waals surface area (Å²) in [7, 11) is 0. The Morgan fingerprint density at radius 1 is 1.12 bits per heavy atom. The van der Waals surface area contributed by atoms with Crippen molar-refractivity contribution >= 4 is 11.9 Å². The molecule has 0 aliphatic carbocycles. The fourth-order valence-corrected chi connectivity index (χ4v) is 4.31. The number of hydrogen-bond donors (Lipinski definition) is 1. The molecule has 1 aromatic carbocycles. The lowest BCUT2D eigenvalue weighted by molar-refractivity contribution is -0.192. The van der Waals surface area contributed by atoms with Crippen LogP contribution < -0.4 is 0 Å². The van der Waals surface area contributed by atoms with Crippen molar-refractivity contribution in [1.29, 1.82) is 0 Å². The number of carbonyl (C=O) groups excluding carboxylic acids is 1. The number of fused-ring (bicyclic) bond motifs is 1. The summed E-state index contributed by atoms with van der Waals surface area (Å²) in [4.78, 5) is 29.5. The Morgan fingerprint density at radius 3 is 2.47 bits per heavy atom. The highest BCUT2D eigenvalue weighted by Gasteiger charge is 2.43. The van der Waals surface area contributed by atoms with Gasteiger partial charge in [-0.25, -0.2) is 14.2 Å². The number of carboxylic acid groups (broad SMARTS) is 1. The van der Waals surface area contributed by atoms with Crippen LogP contribution in [0.4, 0.5) is 17.6 Å². The number of benzene rings is 1. The monoisotopic (exact) mass is 462 g/mol. The summed E-state index contributed by atoms with van der Waals surface area (Å²) in [6.45, 7) is 4.17. The lowest BCUT2D eigenvalue weighted by atomic mass is 9.78. The summed E-state index contributed by atoms with van der Waals surface area (Å²) in [6.07, 6.45) is -2.42. The molecule has 11 heteroatoms. The van der Waals surface area contributed by atoms with E-state index in [-0.39, 0.29) is 29.7 Å². The van der Waals surface area contributed by atoms with Gasteiger partial charge in [-0.15, -0.1) is 0 Å². The molecule has 178 valence electrons. The largest absolute Gasteiger partial charge is 0.490 e. The Bertz CT molecular complexity index is 801. The average molecular weight is 462 g/mol. The number of hydrogen-bond acceptors (Lipinski definition) is 5. The Hall–Kier alpha value is -2.24. The van der Waals surface area contributed by atoms with E-state index < -0.39 is 12.1 Å². The smallest absolute Gasteiger partial charge is 0.475 e. The van der Waals surface area contributed by atoms with Crippen LogP contribution in [0.15, 0.2) is 24.3 Å². The first-order valence-electron chi connectivity index (χ1n) is 10.5. The van der Waals surface area contributed by atoms with Crippen LogP contribution in [0.3, 0.4) is 0 Å². The molecule has 4 rings (SSSR count). The Kier molecular flexibility index (Phi) is 8.07. The molecule has 32 heavy (non-hydrogen) atoms. The lowest BCUT2D eigenvalue weighted by Crippen LogP contribution is -2.53. The molecule has 1 aromatic rings. The molecule has 3 aliphatic rings. The number of likely N-dealkylation sites (tertiary alicyclic amines) is 1. The highest BCUT2D eigenvalue weighted by Crippen LogP contribution is 2.35. The normalized spacial score (nSPS) is 26.1. The molecule has 3 saturated heterocycles. The number of hydroxylamine groups is 2. The number of alkyl halides is 3. The standard InChI is InChI=1S/C19H25FN2O3.C2HF3O2/c20-17-5-2-1-4-14(17)12-21-9-6-18-16(13-21)15(7-11-24-18)19(23)22-8-3-10-25-22;3-2(4,5)1(6)7/h1-2,4-5,15-16,18H,3,6-13H2;(H,6,7)/t15-,16+,18-;/m0./s1. The van der Waals surface area contributed by atoms with Crippen molar-refractivity contribution in [2.45, 2.75) is 38.1 Å². The molecule has 0 spiro atoms. The van der Waals surface area contributed by atoms with Gasteiger partial charge >= 0.3 is 12.1 Å². The number of rotatable bonds is 3. The van der Waals surface area contributed by atoms with E-state index in [1.54, 1.807) is 11.1 Å². The summed E-state index contributed by atoms with van der Waals surface area (Å²) in [6, 6.07) is 6.92. The SMILES string of the molecule is O=C(O)C(F)(F)F.O=C([C@H]1CCO[C@H]2CCN(Cc3ccccc3F)C[C@@H]21)N1CCCO1. The average Bonchev–Trinajstić information content (AvgIpc) is 3.29. The maximum atomic E-state index is 14.0. The molecular formula is C21H26F4N2O5. The quantitative estimate of drug-likeness (QED) is 0.696. The summed E-state index contributed by atoms with van der Waals surface area (Å²) >= 11 is 0. The molecule has 1 N–H and O–H groups in total. The van der Waals surface area contributed by atoms with E-state index >= 15 is 0 Å². The van der Waals surface area contributed by atoms with Crippen molar-refractivity contribution < 1.29 is 41.8 Å². The number of ether oxygens (including phenoxy) is 1. The van der Waals surface area contributed by atoms with E-state index in [2.05, 4.69) is 4.90 Å². The molecule has 3 heterocycles. The molecule has 3 fully saturated rings. The maximum absolute atomic E-state index is 14.0. The lowest BCUT2D eigenvalue weighted by Gasteiger charge is -2.45. The highest BCUT2D eigenvalue weighted by atomic mass is 19.4. The van der Waals surface area contributed by atoms with E-state index in [0.29, 0.717) is 31.9 Å². The molecule has 0 radical (unpaired) electrons. The van der Waals surface area contributed by atoms with Gasteiger partial charge in [-0.3, -0.25) is 14.5 Å². The van der Waals surface area contributed by atoms with Crippen LogP contribution in [0.2, 0.25) is 0 Å². The zero-order valence-corrected chi connectivity index (χ0v) is 17.4. The molecule has 0 saturated carbocycles. The molecular weight excluding hydrogens is 436 g/mol. The number of carboxylic acids is 1. The van der Waals surface area contributed by atoms with E-state index in [4.69, 9.17) is 19.5 Å². The van der Waals surface area contributed by atoms with E-state index in [1.807, 2.05) is 12.1 Å². The minimum absolute atomic E-state index is 0.0553. The van der Waals surface area contributed by atoms with Crippen LogP contribution in [0.1, 0.15) is 24.8 Å². The van der Waals surface area contributed by atoms with Crippen molar-refractivity contribution in [2.75, 3.05) is 32.8 Å². The van der Waals surface area contributed by atoms with Crippen LogP contribution in [-0.2, 0) is 25.7 Å². The molecule has 0 unspecified atom stereocenters. The fourth-order valence-electron chi connectivity index (χ4n) is 4.31. The van der Waals surface area contributed by atoms with Gasteiger partial charge in [0.2, 0.25) is 5.91 Å². The molecule has 0 aromatic heterocycles. The topological polar surface area (TPSA) is 79.3 Å². The fraction of sp³-hybridized carbons (Fsp3) is 0.619. The van der Waals surface area contributed by atoms with Crippen LogP contribution in [-0.4, -0.2) is 72.1 Å². The van der Waals surface area contributed by atoms with Crippen LogP contribution in [0.25, 0.3) is 0 Å². The van der Waals surface area contributed by atoms with E-state index in [9.17, 15) is 22.4 Å². The second kappa shape index (κ2) is 10.6. The first-order chi connectivity index (χ1) is 15.2. The van der Waals surface area contributed by atoms with Gasteiger partial charge in [0, 0.05) is 43.6 Å². The third kappa shape index (κ3) is 6.17. The van der Waals surface area contributed by atoms with Crippen molar-refractivity contribution in [3.05, 3.63) is 35.6 Å². The number of amides is 1. The van der Waals surface area contributed by atoms with Crippen molar-refractivity contribution in [1.82, 2.24) is 9.96 Å². The van der Waals surface area contributed by atoms with Crippen LogP contribution >= 0.6 is 0 Å². The van der Waals surface area contributed by atoms with Gasteiger partial charge in [-0.1, -0.05) is 18.2 Å². The summed E-state index contributed by atoms with van der Waals surface area (Å²) < 4.78 is 51.6. The van der Waals surface area contributed by atoms with Crippen LogP contribution in [0, 0.1) is 17.7 Å². The number of aliphatic carboxylic acids is 1. The van der Waals surface area contributed by atoms with Gasteiger partial charge in [0.05, 0.1) is 19.3 Å². The van der Waals surface area contributed by atoms with Gasteiger partial charge in [0.25, 0.3) is 0 Å². The highest BCUT2D eigenvalue weighted by molar-refractivity contribution is 5.78. The van der Waals surface area contributed by atoms with Gasteiger partial charge in [-0.05, 0) is 25.3 Å². The van der Waals surface area contributed by atoms with Crippen molar-refractivity contribution in [3.63, 3.8) is 0 Å². The first kappa shape index (κ1) is 24.4. The van der Waals surface area contributed by atoms with Gasteiger partial charge in [0.15, 0.2) is 0 Å². The minimum atomic E-state index is -5.08. The molecule has 1 amide bonds. The van der Waals surface area contributed by atoms with Crippen LogP contribution in [0.5, 0.6) is 0 Å². The number of carbonyl (C=O) groups is 2. The first-order valence-corrected chi connectivity index (χ1v) is 10.5. The Balaban J connectivity index is 0.000000360. The minimum Gasteiger partial charge on any atom is -0.475 e. The molecule has 0 bridgehead atoms. The van der Waals surface area contributed by atoms with E-state index in [1.165, 1.54) is 6.07 Å². The Labute approximate surface area is 182 Å². The van der Waals surface area contributed by atoms with Crippen molar-refractivity contribution in [2.24, 2.45) is 11.8 Å². The second-order valence-electron chi connectivity index (χ2n) is 8.01.